The first-order chi connectivity index (χ1) is 17.4. The lowest BCUT2D eigenvalue weighted by molar-refractivity contribution is -0.131. The van der Waals surface area contributed by atoms with Crippen LogP contribution in [0.1, 0.15) is 44.9 Å². The van der Waals surface area contributed by atoms with Gasteiger partial charge in [-0.3, -0.25) is 9.59 Å². The number of sulfonamides is 1. The molecule has 5 rings (SSSR count). The lowest BCUT2D eigenvalue weighted by Gasteiger charge is -2.29. The molecule has 4 N–H and O–H groups in total. The maximum Gasteiger partial charge on any atom is 0.242 e. The van der Waals surface area contributed by atoms with Gasteiger partial charge < -0.3 is 15.6 Å². The summed E-state index contributed by atoms with van der Waals surface area (Å²) in [5.41, 5.74) is 2.28. The highest BCUT2D eigenvalue weighted by Crippen LogP contribution is 2.27. The Balaban J connectivity index is 1.19. The van der Waals surface area contributed by atoms with Gasteiger partial charge in [0.25, 0.3) is 0 Å². The van der Waals surface area contributed by atoms with Crippen molar-refractivity contribution in [2.75, 3.05) is 6.54 Å². The predicted molar refractivity (Wildman–Crippen MR) is 136 cm³/mol. The number of nitrogens with zero attached hydrogens (tertiary/aromatic N) is 1. The average Bonchev–Trinajstić information content (AvgIpc) is 3.22. The zero-order valence-corrected chi connectivity index (χ0v) is 20.8. The Hall–Kier alpha value is -3.24. The van der Waals surface area contributed by atoms with E-state index in [0.717, 1.165) is 18.4 Å². The lowest BCUT2D eigenvalue weighted by atomic mass is 9.85. The van der Waals surface area contributed by atoms with E-state index in [2.05, 4.69) is 25.3 Å². The van der Waals surface area contributed by atoms with Gasteiger partial charge in [0.15, 0.2) is 0 Å². The number of hydrogen-bond donors (Lipinski definition) is 4. The summed E-state index contributed by atoms with van der Waals surface area (Å²) in [6, 6.07) is 13.8. The Bertz CT molecular complexity index is 1350. The molecule has 1 saturated heterocycles. The fourth-order valence-corrected chi connectivity index (χ4v) is 6.35. The minimum absolute atomic E-state index is 0.114. The molecule has 2 heterocycles. The number of carbonyl (C=O) groups is 2. The van der Waals surface area contributed by atoms with Crippen molar-refractivity contribution in [3.05, 3.63) is 48.5 Å². The molecule has 2 aromatic carbocycles. The first-order valence-electron chi connectivity index (χ1n) is 12.5. The number of carbonyl (C=O) groups excluding carboxylic acids is 2. The molecule has 1 atom stereocenters. The van der Waals surface area contributed by atoms with E-state index in [4.69, 9.17) is 0 Å². The first kappa shape index (κ1) is 24.5. The van der Waals surface area contributed by atoms with Crippen LogP contribution >= 0.6 is 0 Å². The van der Waals surface area contributed by atoms with Gasteiger partial charge in [-0.15, -0.1) is 0 Å². The second-order valence-electron chi connectivity index (χ2n) is 9.65. The van der Waals surface area contributed by atoms with E-state index in [9.17, 15) is 18.0 Å². The molecule has 0 unspecified atom stereocenters. The van der Waals surface area contributed by atoms with Crippen LogP contribution in [0.3, 0.4) is 0 Å². The van der Waals surface area contributed by atoms with Gasteiger partial charge >= 0.3 is 0 Å². The Morgan fingerprint density at radius 1 is 0.972 bits per heavy atom. The van der Waals surface area contributed by atoms with Crippen LogP contribution in [-0.4, -0.2) is 48.8 Å². The molecular formula is C26H31N5O4S. The molecule has 36 heavy (non-hydrogen) atoms. The molecule has 3 aromatic rings. The Kier molecular flexibility index (Phi) is 7.06. The summed E-state index contributed by atoms with van der Waals surface area (Å²) >= 11 is 0. The molecule has 1 aliphatic carbocycles. The summed E-state index contributed by atoms with van der Waals surface area (Å²) in [6.07, 6.45) is 4.76. The molecule has 0 radical (unpaired) electrons. The molecule has 9 nitrogen and oxygen atoms in total. The number of fused-ring (bicyclic) bond motifs is 1. The lowest BCUT2D eigenvalue weighted by Crippen LogP contribution is -2.48. The summed E-state index contributed by atoms with van der Waals surface area (Å²) in [7, 11) is -3.73. The Labute approximate surface area is 210 Å². The summed E-state index contributed by atoms with van der Waals surface area (Å²) in [4.78, 5) is 32.8. The molecule has 0 bridgehead atoms. The van der Waals surface area contributed by atoms with Crippen molar-refractivity contribution >= 4 is 32.9 Å². The molecule has 10 heteroatoms. The van der Waals surface area contributed by atoms with Gasteiger partial charge in [-0.2, -0.15) is 0 Å². The molecule has 2 fully saturated rings. The van der Waals surface area contributed by atoms with E-state index in [1.807, 2.05) is 30.3 Å². The summed E-state index contributed by atoms with van der Waals surface area (Å²) in [5.74, 6) is 0.246. The molecule has 1 saturated carbocycles. The van der Waals surface area contributed by atoms with E-state index >= 15 is 0 Å². The fraction of sp³-hybridized carbons (Fsp3) is 0.423. The number of aromatic amines is 1. The minimum atomic E-state index is -3.73. The van der Waals surface area contributed by atoms with Crippen molar-refractivity contribution in [1.82, 2.24) is 25.3 Å². The topological polar surface area (TPSA) is 133 Å². The van der Waals surface area contributed by atoms with Crippen molar-refractivity contribution in [2.45, 2.75) is 61.9 Å². The third-order valence-corrected chi connectivity index (χ3v) is 8.60. The van der Waals surface area contributed by atoms with Crippen LogP contribution in [0.4, 0.5) is 0 Å². The maximum atomic E-state index is 13.1. The summed E-state index contributed by atoms with van der Waals surface area (Å²) < 4.78 is 29.0. The van der Waals surface area contributed by atoms with Crippen LogP contribution in [0.25, 0.3) is 22.4 Å². The second-order valence-corrected chi connectivity index (χ2v) is 11.4. The van der Waals surface area contributed by atoms with Gasteiger partial charge in [0.05, 0.1) is 15.9 Å². The second kappa shape index (κ2) is 10.4. The van der Waals surface area contributed by atoms with Gasteiger partial charge in [-0.25, -0.2) is 18.1 Å². The highest BCUT2D eigenvalue weighted by molar-refractivity contribution is 7.89. The number of nitrogens with one attached hydrogen (secondary N) is 4. The van der Waals surface area contributed by atoms with Crippen molar-refractivity contribution in [2.24, 2.45) is 5.92 Å². The highest BCUT2D eigenvalue weighted by Gasteiger charge is 2.31. The van der Waals surface area contributed by atoms with Crippen molar-refractivity contribution < 1.29 is 18.0 Å². The number of hydrogen-bond acceptors (Lipinski definition) is 5. The monoisotopic (exact) mass is 509 g/mol. The van der Waals surface area contributed by atoms with Crippen molar-refractivity contribution in [3.63, 3.8) is 0 Å². The SMILES string of the molecule is O=C(N[C@H]1CCCCNC1=O)C1CCC(NS(=O)(=O)c2ccc3nc(-c4ccccc4)[nH]c3c2)CC1. The quantitative estimate of drug-likeness (QED) is 0.406. The Morgan fingerprint density at radius 2 is 1.75 bits per heavy atom. The molecule has 1 aliphatic heterocycles. The summed E-state index contributed by atoms with van der Waals surface area (Å²) in [6.45, 7) is 0.651. The van der Waals surface area contributed by atoms with Crippen LogP contribution in [0, 0.1) is 5.92 Å². The van der Waals surface area contributed by atoms with Gasteiger partial charge in [0.1, 0.15) is 11.9 Å². The molecule has 0 spiro atoms. The number of aromatic nitrogens is 2. The van der Waals surface area contributed by atoms with Gasteiger partial charge in [0.2, 0.25) is 21.8 Å². The zero-order valence-electron chi connectivity index (χ0n) is 20.0. The van der Waals surface area contributed by atoms with Crippen molar-refractivity contribution in [3.8, 4) is 11.4 Å². The number of rotatable bonds is 6. The normalized spacial score (nSPS) is 23.1. The number of H-pyrrole nitrogens is 1. The number of benzene rings is 2. The van der Waals surface area contributed by atoms with Crippen LogP contribution < -0.4 is 15.4 Å². The molecule has 190 valence electrons. The van der Waals surface area contributed by atoms with Crippen LogP contribution in [0.5, 0.6) is 0 Å². The standard InChI is InChI=1S/C26H31N5O4S/c32-25(30-22-8-4-5-15-27-26(22)33)18-9-11-19(12-10-18)31-36(34,35)20-13-14-21-23(16-20)29-24(28-21)17-6-2-1-3-7-17/h1-3,6-7,13-14,16,18-19,22,31H,4-5,8-12,15H2,(H,27,33)(H,28,29)(H,30,32)/t18?,19?,22-/m0/s1. The smallest absolute Gasteiger partial charge is 0.242 e. The summed E-state index contributed by atoms with van der Waals surface area (Å²) in [5, 5.41) is 5.73. The van der Waals surface area contributed by atoms with Crippen molar-refractivity contribution in [1.29, 1.82) is 0 Å². The molecular weight excluding hydrogens is 478 g/mol. The van der Waals surface area contributed by atoms with E-state index < -0.39 is 16.1 Å². The number of amides is 2. The van der Waals surface area contributed by atoms with E-state index in [-0.39, 0.29) is 28.7 Å². The minimum Gasteiger partial charge on any atom is -0.354 e. The van der Waals surface area contributed by atoms with Gasteiger partial charge in [-0.05, 0) is 63.1 Å². The zero-order chi connectivity index (χ0) is 25.1. The van der Waals surface area contributed by atoms with E-state index in [1.165, 1.54) is 0 Å². The molecule has 1 aromatic heterocycles. The fourth-order valence-electron chi connectivity index (χ4n) is 5.02. The first-order valence-corrected chi connectivity index (χ1v) is 14.0. The van der Waals surface area contributed by atoms with Gasteiger partial charge in [0, 0.05) is 24.1 Å². The van der Waals surface area contributed by atoms with E-state index in [0.29, 0.717) is 55.5 Å². The molecule has 2 aliphatic rings. The third kappa shape index (κ3) is 5.44. The van der Waals surface area contributed by atoms with Crippen LogP contribution in [-0.2, 0) is 19.6 Å². The Morgan fingerprint density at radius 3 is 2.53 bits per heavy atom. The highest BCUT2D eigenvalue weighted by atomic mass is 32.2. The third-order valence-electron chi connectivity index (χ3n) is 7.08. The average molecular weight is 510 g/mol. The van der Waals surface area contributed by atoms with Gasteiger partial charge in [-0.1, -0.05) is 30.3 Å². The van der Waals surface area contributed by atoms with Crippen LogP contribution in [0.2, 0.25) is 0 Å². The predicted octanol–water partition coefficient (Wildman–Crippen LogP) is 2.85. The number of imidazole rings is 1. The van der Waals surface area contributed by atoms with E-state index in [1.54, 1.807) is 18.2 Å². The maximum absolute atomic E-state index is 13.1. The van der Waals surface area contributed by atoms with Crippen LogP contribution in [0.15, 0.2) is 53.4 Å². The molecule has 2 amide bonds. The largest absolute Gasteiger partial charge is 0.354 e.